The molecule has 0 fully saturated rings. The highest BCUT2D eigenvalue weighted by molar-refractivity contribution is 7.99. The molecular formula is C27H37N5O11S. The van der Waals surface area contributed by atoms with Gasteiger partial charge in [0, 0.05) is 18.1 Å². The molecule has 0 aromatic heterocycles. The van der Waals surface area contributed by atoms with E-state index in [1.165, 1.54) is 19.1 Å². The van der Waals surface area contributed by atoms with Crippen molar-refractivity contribution in [3.8, 4) is 5.75 Å². The molecule has 0 bridgehead atoms. The van der Waals surface area contributed by atoms with Gasteiger partial charge in [0.1, 0.15) is 17.8 Å². The first-order valence-corrected chi connectivity index (χ1v) is 14.4. The van der Waals surface area contributed by atoms with Crippen LogP contribution in [-0.2, 0) is 44.8 Å². The Kier molecular flexibility index (Phi) is 15.9. The van der Waals surface area contributed by atoms with E-state index in [1.54, 1.807) is 19.1 Å². The Morgan fingerprint density at radius 3 is 2.02 bits per heavy atom. The summed E-state index contributed by atoms with van der Waals surface area (Å²) < 4.78 is 5.08. The monoisotopic (exact) mass is 639 g/mol. The number of amides is 5. The average Bonchev–Trinajstić information content (AvgIpc) is 2.94. The lowest BCUT2D eigenvalue weighted by Gasteiger charge is -2.20. The summed E-state index contributed by atoms with van der Waals surface area (Å²) in [4.78, 5) is 94.6. The smallest absolute Gasteiger partial charge is 0.341 e. The molecular weight excluding hydrogens is 602 g/mol. The molecule has 0 saturated heterocycles. The lowest BCUT2D eigenvalue weighted by Crippen LogP contribution is -2.52. The molecule has 0 heterocycles. The van der Waals surface area contributed by atoms with Crippen molar-refractivity contribution in [3.05, 3.63) is 29.8 Å². The molecule has 0 radical (unpaired) electrons. The maximum atomic E-state index is 13.0. The van der Waals surface area contributed by atoms with Crippen molar-refractivity contribution in [3.63, 3.8) is 0 Å². The Bertz CT molecular complexity index is 1230. The number of hydrogen-bond acceptors (Lipinski definition) is 10. The van der Waals surface area contributed by atoms with Crippen LogP contribution >= 0.6 is 11.8 Å². The van der Waals surface area contributed by atoms with E-state index in [0.29, 0.717) is 5.56 Å². The summed E-state index contributed by atoms with van der Waals surface area (Å²) in [5, 5.41) is 27.3. The number of carbonyl (C=O) groups is 8. The maximum Gasteiger partial charge on any atom is 0.341 e. The van der Waals surface area contributed by atoms with Gasteiger partial charge in [0.25, 0.3) is 0 Å². The summed E-state index contributed by atoms with van der Waals surface area (Å²) in [5.41, 5.74) is 5.69. The van der Waals surface area contributed by atoms with E-state index in [9.17, 15) is 38.4 Å². The number of ketones is 1. The standard InChI is InChI=1S/C27H37N5O11S/c1-14(26(41)30-15(2)25(28)40)12-44-13-22(35)32-20(8-17-4-6-18(7-5-17)43-11-24(38)39)27(42)29-10-21(34)31-19(16(3)33)9-23(36)37/h4-7,14-15,19-20H,8-13H2,1-3H3,(H2,28,40)(H,29,42)(H,30,41)(H,31,34)(H,32,35)(H,36,37)(H,38,39)/t14-,15-,19-,20-/m0/s1. The lowest BCUT2D eigenvalue weighted by molar-refractivity contribution is -0.140. The first-order chi connectivity index (χ1) is 20.6. The number of thioether (sulfide) groups is 1. The van der Waals surface area contributed by atoms with Crippen molar-refractivity contribution in [2.75, 3.05) is 24.7 Å². The third-order valence-electron chi connectivity index (χ3n) is 5.84. The quantitative estimate of drug-likeness (QED) is 0.0834. The molecule has 1 aromatic carbocycles. The van der Waals surface area contributed by atoms with E-state index in [2.05, 4.69) is 21.3 Å². The van der Waals surface area contributed by atoms with Gasteiger partial charge in [-0.25, -0.2) is 4.79 Å². The third-order valence-corrected chi connectivity index (χ3v) is 7.04. The van der Waals surface area contributed by atoms with Crippen LogP contribution in [0.15, 0.2) is 24.3 Å². The van der Waals surface area contributed by atoms with Crippen molar-refractivity contribution >= 4 is 59.0 Å². The van der Waals surface area contributed by atoms with Gasteiger partial charge in [0.15, 0.2) is 12.4 Å². The number of benzene rings is 1. The Labute approximate surface area is 257 Å². The van der Waals surface area contributed by atoms with E-state index in [4.69, 9.17) is 20.7 Å². The molecule has 0 aliphatic heterocycles. The van der Waals surface area contributed by atoms with Crippen LogP contribution in [0.4, 0.5) is 0 Å². The number of primary amides is 1. The molecule has 0 unspecified atom stereocenters. The van der Waals surface area contributed by atoms with Crippen molar-refractivity contribution in [2.24, 2.45) is 11.7 Å². The maximum absolute atomic E-state index is 13.0. The molecule has 17 heteroatoms. The minimum absolute atomic E-state index is 0.0397. The number of nitrogens with two attached hydrogens (primary N) is 1. The van der Waals surface area contributed by atoms with Crippen LogP contribution in [0, 0.1) is 5.92 Å². The summed E-state index contributed by atoms with van der Waals surface area (Å²) in [6, 6.07) is 2.76. The molecule has 0 saturated carbocycles. The number of ether oxygens (including phenoxy) is 1. The van der Waals surface area contributed by atoms with Crippen LogP contribution < -0.4 is 31.7 Å². The molecule has 1 rings (SSSR count). The fourth-order valence-corrected chi connectivity index (χ4v) is 4.28. The van der Waals surface area contributed by atoms with Crippen molar-refractivity contribution < 1.29 is 53.3 Å². The van der Waals surface area contributed by atoms with E-state index in [1.807, 2.05) is 0 Å². The summed E-state index contributed by atoms with van der Waals surface area (Å²) in [7, 11) is 0. The van der Waals surface area contributed by atoms with Crippen LogP contribution in [0.2, 0.25) is 0 Å². The van der Waals surface area contributed by atoms with Gasteiger partial charge in [-0.2, -0.15) is 11.8 Å². The number of carbonyl (C=O) groups excluding carboxylic acids is 6. The molecule has 8 N–H and O–H groups in total. The highest BCUT2D eigenvalue weighted by Crippen LogP contribution is 2.14. The van der Waals surface area contributed by atoms with Gasteiger partial charge < -0.3 is 42.0 Å². The summed E-state index contributed by atoms with van der Waals surface area (Å²) in [6.07, 6.45) is -0.677. The predicted molar refractivity (Wildman–Crippen MR) is 156 cm³/mol. The average molecular weight is 640 g/mol. The second-order valence-corrected chi connectivity index (χ2v) is 10.8. The van der Waals surface area contributed by atoms with Gasteiger partial charge in [0.05, 0.1) is 24.8 Å². The fourth-order valence-electron chi connectivity index (χ4n) is 3.39. The molecule has 0 spiro atoms. The summed E-state index contributed by atoms with van der Waals surface area (Å²) in [5.74, 6) is -6.52. The zero-order valence-electron chi connectivity index (χ0n) is 24.4. The number of nitrogens with one attached hydrogen (secondary N) is 4. The second kappa shape index (κ2) is 18.8. The zero-order chi connectivity index (χ0) is 33.4. The fraction of sp³-hybridized carbons (Fsp3) is 0.481. The van der Waals surface area contributed by atoms with Gasteiger partial charge in [-0.1, -0.05) is 19.1 Å². The van der Waals surface area contributed by atoms with Crippen LogP contribution in [0.1, 0.15) is 32.8 Å². The number of aliphatic carboxylic acids is 2. The van der Waals surface area contributed by atoms with Gasteiger partial charge >= 0.3 is 11.9 Å². The highest BCUT2D eigenvalue weighted by Gasteiger charge is 2.25. The predicted octanol–water partition coefficient (Wildman–Crippen LogP) is -1.80. The van der Waals surface area contributed by atoms with Crippen molar-refractivity contribution in [1.82, 2.24) is 21.3 Å². The Balaban J connectivity index is 2.86. The van der Waals surface area contributed by atoms with Gasteiger partial charge in [-0.15, -0.1) is 0 Å². The number of carboxylic acids is 2. The summed E-state index contributed by atoms with van der Waals surface area (Å²) in [6.45, 7) is 2.99. The Hall–Kier alpha value is -4.67. The minimum Gasteiger partial charge on any atom is -0.482 e. The lowest BCUT2D eigenvalue weighted by atomic mass is 10.0. The van der Waals surface area contributed by atoms with Gasteiger partial charge in [-0.05, 0) is 31.5 Å². The van der Waals surface area contributed by atoms with Gasteiger partial charge in [0.2, 0.25) is 29.5 Å². The topological polar surface area (TPSA) is 260 Å². The van der Waals surface area contributed by atoms with Gasteiger partial charge in [-0.3, -0.25) is 33.6 Å². The van der Waals surface area contributed by atoms with Crippen LogP contribution in [0.25, 0.3) is 0 Å². The molecule has 242 valence electrons. The normalized spacial score (nSPS) is 13.2. The molecule has 0 aliphatic rings. The SMILES string of the molecule is CC(=O)[C@H](CC(=O)O)NC(=O)CNC(=O)[C@H](Cc1ccc(OCC(=O)O)cc1)NC(=O)CSC[C@H](C)C(=O)N[C@@H](C)C(N)=O. The molecule has 0 aliphatic carbocycles. The molecule has 16 nitrogen and oxygen atoms in total. The molecule has 5 amide bonds. The highest BCUT2D eigenvalue weighted by atomic mass is 32.2. The number of Topliss-reactive ketones (excluding diaryl/α,β-unsaturated/α-hetero) is 1. The first kappa shape index (κ1) is 37.4. The van der Waals surface area contributed by atoms with Crippen LogP contribution in [-0.4, -0.2) is 100 Å². The molecule has 4 atom stereocenters. The largest absolute Gasteiger partial charge is 0.482 e. The molecule has 44 heavy (non-hydrogen) atoms. The Morgan fingerprint density at radius 2 is 1.48 bits per heavy atom. The van der Waals surface area contributed by atoms with Crippen LogP contribution in [0.3, 0.4) is 0 Å². The second-order valence-electron chi connectivity index (χ2n) is 9.75. The van der Waals surface area contributed by atoms with Crippen LogP contribution in [0.5, 0.6) is 5.75 Å². The first-order valence-electron chi connectivity index (χ1n) is 13.3. The Morgan fingerprint density at radius 1 is 0.864 bits per heavy atom. The third kappa shape index (κ3) is 15.0. The van der Waals surface area contributed by atoms with Crippen molar-refractivity contribution in [2.45, 2.75) is 51.7 Å². The minimum atomic E-state index is -1.30. The van der Waals surface area contributed by atoms with E-state index in [-0.39, 0.29) is 23.7 Å². The number of hydrogen-bond donors (Lipinski definition) is 7. The molecule has 1 aromatic rings. The zero-order valence-corrected chi connectivity index (χ0v) is 25.2. The summed E-state index contributed by atoms with van der Waals surface area (Å²) >= 11 is 1.11. The number of carboxylic acid groups (broad SMARTS) is 2. The number of rotatable bonds is 20. The van der Waals surface area contributed by atoms with E-state index < -0.39 is 90.9 Å². The van der Waals surface area contributed by atoms with E-state index >= 15 is 0 Å². The van der Waals surface area contributed by atoms with Crippen molar-refractivity contribution in [1.29, 1.82) is 0 Å². The van der Waals surface area contributed by atoms with E-state index in [0.717, 1.165) is 18.7 Å².